The van der Waals surface area contributed by atoms with Gasteiger partial charge in [0.2, 0.25) is 0 Å². The van der Waals surface area contributed by atoms with Crippen molar-refractivity contribution in [1.82, 2.24) is 0 Å². The first-order valence-corrected chi connectivity index (χ1v) is 17.3. The molecule has 0 bridgehead atoms. The molecular weight excluding hydrogens is 575 g/mol. The molecule has 2 heteroatoms. The summed E-state index contributed by atoms with van der Waals surface area (Å²) >= 11 is 1.76. The van der Waals surface area contributed by atoms with Crippen molar-refractivity contribution in [2.24, 2.45) is 4.99 Å². The van der Waals surface area contributed by atoms with Crippen molar-refractivity contribution >= 4 is 24.1 Å². The number of aryl methyl sites for hydroxylation is 3. The lowest BCUT2D eigenvalue weighted by atomic mass is 9.93. The third kappa shape index (κ3) is 18.8. The Balaban J connectivity index is 0. The highest BCUT2D eigenvalue weighted by atomic mass is 32.2. The molecule has 0 fully saturated rings. The van der Waals surface area contributed by atoms with E-state index in [4.69, 9.17) is 0 Å². The van der Waals surface area contributed by atoms with Gasteiger partial charge in [0.1, 0.15) is 0 Å². The van der Waals surface area contributed by atoms with Crippen LogP contribution in [-0.4, -0.2) is 12.5 Å². The minimum absolute atomic E-state index is 0.935. The topological polar surface area (TPSA) is 12.4 Å². The Kier molecular flexibility index (Phi) is 27.5. The molecule has 0 spiro atoms. The summed E-state index contributed by atoms with van der Waals surface area (Å²) in [6.45, 7) is 35.3. The second-order valence-corrected chi connectivity index (χ2v) is 11.1. The van der Waals surface area contributed by atoms with Crippen LogP contribution in [0.1, 0.15) is 83.2 Å². The average Bonchev–Trinajstić information content (AvgIpc) is 3.07. The Labute approximate surface area is 288 Å². The van der Waals surface area contributed by atoms with E-state index in [1.54, 1.807) is 23.9 Å². The number of aliphatic imine (C=N–C) groups is 1. The molecule has 248 valence electrons. The molecule has 2 rings (SSSR count). The van der Waals surface area contributed by atoms with Crippen LogP contribution in [0.5, 0.6) is 0 Å². The van der Waals surface area contributed by atoms with E-state index >= 15 is 0 Å². The number of hydrogen-bond donors (Lipinski definition) is 0. The summed E-state index contributed by atoms with van der Waals surface area (Å²) in [5.41, 5.74) is 12.4. The lowest BCUT2D eigenvalue weighted by molar-refractivity contribution is 1.14. The zero-order valence-corrected chi connectivity index (χ0v) is 31.4. The first-order valence-electron chi connectivity index (χ1n) is 16.2. The van der Waals surface area contributed by atoms with Crippen LogP contribution in [0.25, 0.3) is 5.57 Å². The van der Waals surface area contributed by atoms with Crippen LogP contribution in [-0.2, 0) is 12.8 Å². The molecule has 0 atom stereocenters. The zero-order chi connectivity index (χ0) is 35.3. The fourth-order valence-corrected chi connectivity index (χ4v) is 4.71. The van der Waals surface area contributed by atoms with Crippen molar-refractivity contribution in [2.75, 3.05) is 5.75 Å². The van der Waals surface area contributed by atoms with E-state index in [0.29, 0.717) is 0 Å². The Morgan fingerprint density at radius 2 is 1.57 bits per heavy atom. The molecule has 0 heterocycles. The predicted octanol–water partition coefficient (Wildman–Crippen LogP) is 13.8. The van der Waals surface area contributed by atoms with Gasteiger partial charge in [-0.1, -0.05) is 137 Å². The first kappa shape index (κ1) is 44.2. The SMILES string of the molecule is C=C/C(=C/C=C\C)Cc1ccc(C)c(C)c1.C=C/C=C\SC/C(C)=C/C(C(=C\C)/c1cccc(CC)c1)=C(/C)N=C.C=CC.CC. The summed E-state index contributed by atoms with van der Waals surface area (Å²) in [5.74, 6) is 0.935. The highest BCUT2D eigenvalue weighted by molar-refractivity contribution is 8.02. The predicted molar refractivity (Wildman–Crippen MR) is 217 cm³/mol. The maximum absolute atomic E-state index is 4.20. The lowest BCUT2D eigenvalue weighted by Gasteiger charge is -2.13. The molecule has 0 radical (unpaired) electrons. The molecule has 46 heavy (non-hydrogen) atoms. The number of allylic oxidation sites excluding steroid dienone is 13. The van der Waals surface area contributed by atoms with Gasteiger partial charge < -0.3 is 0 Å². The van der Waals surface area contributed by atoms with Gasteiger partial charge in [-0.15, -0.1) is 18.3 Å². The molecule has 0 aliphatic heterocycles. The monoisotopic (exact) mass is 635 g/mol. The summed E-state index contributed by atoms with van der Waals surface area (Å²) in [7, 11) is 0. The van der Waals surface area contributed by atoms with E-state index in [9.17, 15) is 0 Å². The summed E-state index contributed by atoms with van der Waals surface area (Å²) in [6, 6.07) is 15.3. The largest absolute Gasteiger partial charge is 0.269 e. The molecule has 0 aliphatic carbocycles. The van der Waals surface area contributed by atoms with Crippen molar-refractivity contribution in [3.05, 3.63) is 173 Å². The maximum atomic E-state index is 4.20. The van der Waals surface area contributed by atoms with Gasteiger partial charge in [0, 0.05) is 17.0 Å². The summed E-state index contributed by atoms with van der Waals surface area (Å²) < 4.78 is 0. The molecule has 2 aromatic rings. The molecule has 0 aliphatic rings. The van der Waals surface area contributed by atoms with Crippen LogP contribution < -0.4 is 0 Å². The summed E-state index contributed by atoms with van der Waals surface area (Å²) in [6.07, 6.45) is 20.0. The number of nitrogens with zero attached hydrogens (tertiary/aromatic N) is 1. The minimum atomic E-state index is 0.935. The van der Waals surface area contributed by atoms with Gasteiger partial charge in [0.05, 0.1) is 0 Å². The van der Waals surface area contributed by atoms with Crippen LogP contribution in [0, 0.1) is 13.8 Å². The first-order chi connectivity index (χ1) is 22.1. The summed E-state index contributed by atoms with van der Waals surface area (Å²) in [4.78, 5) is 4.20. The van der Waals surface area contributed by atoms with Crippen LogP contribution in [0.15, 0.2) is 150 Å². The van der Waals surface area contributed by atoms with E-state index < -0.39 is 0 Å². The number of rotatable bonds is 13. The van der Waals surface area contributed by atoms with Gasteiger partial charge in [-0.2, -0.15) is 0 Å². The highest BCUT2D eigenvalue weighted by Gasteiger charge is 2.10. The highest BCUT2D eigenvalue weighted by Crippen LogP contribution is 2.29. The fourth-order valence-electron chi connectivity index (χ4n) is 4.05. The van der Waals surface area contributed by atoms with E-state index in [1.807, 2.05) is 52.8 Å². The van der Waals surface area contributed by atoms with Gasteiger partial charge >= 0.3 is 0 Å². The smallest absolute Gasteiger partial charge is 0.0443 e. The third-order valence-corrected chi connectivity index (χ3v) is 7.58. The van der Waals surface area contributed by atoms with Crippen molar-refractivity contribution in [2.45, 2.75) is 82.1 Å². The second-order valence-electron chi connectivity index (χ2n) is 10.3. The Bertz CT molecular complexity index is 1390. The average molecular weight is 636 g/mol. The summed E-state index contributed by atoms with van der Waals surface area (Å²) in [5, 5.41) is 2.06. The van der Waals surface area contributed by atoms with E-state index in [0.717, 1.165) is 29.9 Å². The van der Waals surface area contributed by atoms with Crippen LogP contribution in [0.3, 0.4) is 0 Å². The molecule has 0 amide bonds. The number of benzene rings is 2. The molecular formula is C44H61NS. The van der Waals surface area contributed by atoms with Gasteiger partial charge in [0.25, 0.3) is 0 Å². The van der Waals surface area contributed by atoms with Crippen LogP contribution in [0.4, 0.5) is 0 Å². The van der Waals surface area contributed by atoms with Gasteiger partial charge in [0.15, 0.2) is 0 Å². The molecule has 0 saturated heterocycles. The fraction of sp³-hybridized carbons (Fsp3) is 0.295. The van der Waals surface area contributed by atoms with Crippen molar-refractivity contribution in [3.8, 4) is 0 Å². The minimum Gasteiger partial charge on any atom is -0.269 e. The number of hydrogen-bond acceptors (Lipinski definition) is 2. The van der Waals surface area contributed by atoms with E-state index in [1.165, 1.54) is 44.5 Å². The van der Waals surface area contributed by atoms with Crippen molar-refractivity contribution in [1.29, 1.82) is 0 Å². The Morgan fingerprint density at radius 3 is 2.09 bits per heavy atom. The number of thioether (sulfide) groups is 1. The molecule has 1 nitrogen and oxygen atoms in total. The van der Waals surface area contributed by atoms with E-state index in [2.05, 4.69) is 138 Å². The Morgan fingerprint density at radius 1 is 0.891 bits per heavy atom. The maximum Gasteiger partial charge on any atom is 0.0443 e. The van der Waals surface area contributed by atoms with E-state index in [-0.39, 0.29) is 0 Å². The molecule has 0 unspecified atom stereocenters. The van der Waals surface area contributed by atoms with Gasteiger partial charge in [-0.25, -0.2) is 0 Å². The second kappa shape index (κ2) is 28.6. The van der Waals surface area contributed by atoms with Crippen LogP contribution in [0.2, 0.25) is 0 Å². The molecule has 0 N–H and O–H groups in total. The molecule has 0 saturated carbocycles. The Hall–Kier alpha value is -3.88. The van der Waals surface area contributed by atoms with Gasteiger partial charge in [-0.05, 0) is 112 Å². The lowest BCUT2D eigenvalue weighted by Crippen LogP contribution is -1.94. The molecule has 0 aromatic heterocycles. The van der Waals surface area contributed by atoms with Crippen molar-refractivity contribution in [3.63, 3.8) is 0 Å². The third-order valence-electron chi connectivity index (χ3n) is 6.61. The molecule has 2 aromatic carbocycles. The quantitative estimate of drug-likeness (QED) is 0.121. The van der Waals surface area contributed by atoms with Crippen molar-refractivity contribution < 1.29 is 0 Å². The van der Waals surface area contributed by atoms with Crippen LogP contribution >= 0.6 is 11.8 Å². The zero-order valence-electron chi connectivity index (χ0n) is 30.6. The van der Waals surface area contributed by atoms with Gasteiger partial charge in [-0.3, -0.25) is 4.99 Å². The standard InChI is InChI=1S/C23H29NS.C16H20.C3H6.C2H6/c1-7-10-14-25-17-18(4)15-23(19(5)24-6)22(9-3)21-13-11-12-20(8-2)16-21;1-5-7-8-15(6-2)12-16-10-9-13(3)14(4)11-16;1-3-2;1-2/h7,9-16H,1,6,8,17H2,2-5H3;5-11H,2,12H2,1,3-4H3;3H,1H2,2H3;1-2H3/b14-10-,18-15+,22-9-,23-19+;7-5-,15-8-;;. The normalized spacial score (nSPS) is 12.1.